The molecule has 2 heteroatoms. The second-order valence-corrected chi connectivity index (χ2v) is 15.1. The Morgan fingerprint density at radius 3 is 1.15 bits per heavy atom. The topological polar surface area (TPSA) is 0 Å². The van der Waals surface area contributed by atoms with Gasteiger partial charge in [-0.05, 0) is 45.9 Å². The van der Waals surface area contributed by atoms with Crippen LogP contribution >= 0.6 is 0 Å². The van der Waals surface area contributed by atoms with E-state index in [4.69, 9.17) is 0 Å². The van der Waals surface area contributed by atoms with E-state index in [1.54, 1.807) is 0 Å². The number of hydrogen-bond acceptors (Lipinski definition) is 0. The zero-order valence-electron chi connectivity index (χ0n) is 29.8. The minimum atomic E-state index is 0. The molecule has 0 amide bonds. The molecule has 0 unspecified atom stereocenters. The molecule has 0 aliphatic heterocycles. The zero-order chi connectivity index (χ0) is 32.8. The third kappa shape index (κ3) is 8.76. The summed E-state index contributed by atoms with van der Waals surface area (Å²) in [4.78, 5) is 0. The van der Waals surface area contributed by atoms with Crippen LogP contribution in [0.2, 0.25) is 13.1 Å². The molecule has 236 valence electrons. The van der Waals surface area contributed by atoms with E-state index in [-0.39, 0.29) is 37.0 Å². The fourth-order valence-corrected chi connectivity index (χ4v) is 5.99. The van der Waals surface area contributed by atoms with Gasteiger partial charge in [0.15, 0.2) is 0 Å². The zero-order valence-corrected chi connectivity index (χ0v) is 33.3. The molecule has 0 aliphatic rings. The Labute approximate surface area is 301 Å². The van der Waals surface area contributed by atoms with Crippen LogP contribution in [0.1, 0.15) is 77.6 Å². The molecule has 0 fully saturated rings. The third-order valence-corrected chi connectivity index (χ3v) is 8.61. The van der Waals surface area contributed by atoms with Crippen LogP contribution in [0.25, 0.3) is 43.8 Å². The SMILES string of the molecule is CCc1ccccc1-c1cccc2[cH-]c(C(C)(C)C)cc12.CCc1ccccc1-c1cccc2[cH-]c(C(C)(C)C)cc12.C[Si]C.[Zr+2]. The van der Waals surface area contributed by atoms with E-state index in [2.05, 4.69) is 178 Å². The number of fused-ring (bicyclic) bond motifs is 2. The predicted molar refractivity (Wildman–Crippen MR) is 204 cm³/mol. The van der Waals surface area contributed by atoms with Crippen molar-refractivity contribution in [1.82, 2.24) is 0 Å². The van der Waals surface area contributed by atoms with Crippen molar-refractivity contribution >= 4 is 31.1 Å². The van der Waals surface area contributed by atoms with Gasteiger partial charge in [0.05, 0.1) is 0 Å². The summed E-state index contributed by atoms with van der Waals surface area (Å²) in [6.45, 7) is 22.4. The van der Waals surface area contributed by atoms with Crippen molar-refractivity contribution in [2.75, 3.05) is 0 Å². The Kier molecular flexibility index (Phi) is 13.4. The molecule has 0 N–H and O–H groups in total. The fraction of sp³-hybridized carbons (Fsp3) is 0.318. The summed E-state index contributed by atoms with van der Waals surface area (Å²) in [5.74, 6) is 0. The summed E-state index contributed by atoms with van der Waals surface area (Å²) in [7, 11) is 1.08. The summed E-state index contributed by atoms with van der Waals surface area (Å²) < 4.78 is 0. The third-order valence-electron chi connectivity index (χ3n) is 8.61. The van der Waals surface area contributed by atoms with E-state index in [0.717, 1.165) is 22.4 Å². The van der Waals surface area contributed by atoms with Crippen LogP contribution in [-0.2, 0) is 49.9 Å². The van der Waals surface area contributed by atoms with Gasteiger partial charge in [-0.1, -0.05) is 140 Å². The molecule has 46 heavy (non-hydrogen) atoms. The normalized spacial score (nSPS) is 11.3. The Bertz CT molecular complexity index is 1700. The van der Waals surface area contributed by atoms with Crippen LogP contribution in [0.4, 0.5) is 0 Å². The Morgan fingerprint density at radius 1 is 0.500 bits per heavy atom. The van der Waals surface area contributed by atoms with Crippen LogP contribution in [0.3, 0.4) is 0 Å². The van der Waals surface area contributed by atoms with Crippen molar-refractivity contribution in [3.8, 4) is 22.3 Å². The first-order chi connectivity index (χ1) is 21.4. The molecule has 0 spiro atoms. The van der Waals surface area contributed by atoms with Gasteiger partial charge in [-0.3, -0.25) is 0 Å². The van der Waals surface area contributed by atoms with E-state index in [0.29, 0.717) is 0 Å². The number of benzene rings is 4. The molecule has 2 radical (unpaired) electrons. The fourth-order valence-electron chi connectivity index (χ4n) is 5.99. The van der Waals surface area contributed by atoms with Crippen molar-refractivity contribution in [3.63, 3.8) is 0 Å². The molecule has 0 bridgehead atoms. The molecule has 0 nitrogen and oxygen atoms in total. The van der Waals surface area contributed by atoms with Crippen molar-refractivity contribution in [3.05, 3.63) is 131 Å². The first-order valence-electron chi connectivity index (χ1n) is 16.6. The van der Waals surface area contributed by atoms with Gasteiger partial charge in [0.1, 0.15) is 0 Å². The maximum Gasteiger partial charge on any atom is 2.00 e. The standard InChI is InChI=1S/2C21H23.C2H6Si.Zr/c2*1-5-15-9-6-7-11-18(15)19-12-8-10-16-13-17(14-20(16)19)21(2,3)4;1-3-2;/h2*6-14H,5H2,1-4H3;1-2H3;/q2*-1;;+2. The molecule has 0 heterocycles. The summed E-state index contributed by atoms with van der Waals surface area (Å²) in [5, 5.41) is 5.46. The molecule has 6 rings (SSSR count). The van der Waals surface area contributed by atoms with Crippen LogP contribution in [0.15, 0.2) is 109 Å². The maximum absolute atomic E-state index is 2.37. The molecule has 0 saturated heterocycles. The van der Waals surface area contributed by atoms with Gasteiger partial charge in [-0.2, -0.15) is 12.1 Å². The average Bonchev–Trinajstić information content (AvgIpc) is 3.67. The molecule has 6 aromatic rings. The van der Waals surface area contributed by atoms with Gasteiger partial charge in [0, 0.05) is 9.52 Å². The summed E-state index contributed by atoms with van der Waals surface area (Å²) >= 11 is 0. The van der Waals surface area contributed by atoms with Gasteiger partial charge < -0.3 is 0 Å². The van der Waals surface area contributed by atoms with Crippen molar-refractivity contribution in [2.45, 2.75) is 92.2 Å². The van der Waals surface area contributed by atoms with E-state index < -0.39 is 0 Å². The monoisotopic (exact) mass is 698 g/mol. The predicted octanol–water partition coefficient (Wildman–Crippen LogP) is 13.0. The van der Waals surface area contributed by atoms with Crippen LogP contribution in [0.5, 0.6) is 0 Å². The second-order valence-electron chi connectivity index (χ2n) is 14.1. The summed E-state index contributed by atoms with van der Waals surface area (Å²) in [5.41, 5.74) is 11.5. The van der Waals surface area contributed by atoms with Gasteiger partial charge in [0.2, 0.25) is 0 Å². The van der Waals surface area contributed by atoms with Crippen LogP contribution in [0, 0.1) is 0 Å². The van der Waals surface area contributed by atoms with Gasteiger partial charge in [-0.25, -0.2) is 0 Å². The van der Waals surface area contributed by atoms with Crippen molar-refractivity contribution in [2.24, 2.45) is 0 Å². The van der Waals surface area contributed by atoms with Crippen LogP contribution < -0.4 is 0 Å². The molecule has 6 aromatic carbocycles. The molecule has 0 aliphatic carbocycles. The first kappa shape index (κ1) is 37.7. The van der Waals surface area contributed by atoms with E-state index >= 15 is 0 Å². The maximum atomic E-state index is 2.37. The Balaban J connectivity index is 0.000000226. The summed E-state index contributed by atoms with van der Waals surface area (Å²) in [6.07, 6.45) is 2.14. The molecule has 0 atom stereocenters. The summed E-state index contributed by atoms with van der Waals surface area (Å²) in [6, 6.07) is 40.3. The van der Waals surface area contributed by atoms with Crippen molar-refractivity contribution in [1.29, 1.82) is 0 Å². The number of rotatable bonds is 4. The second kappa shape index (κ2) is 16.3. The molecular formula is C44H52SiZr. The quantitative estimate of drug-likeness (QED) is 0.127. The van der Waals surface area contributed by atoms with Gasteiger partial charge in [-0.15, -0.1) is 69.1 Å². The van der Waals surface area contributed by atoms with Gasteiger partial charge in [0.25, 0.3) is 0 Å². The number of aryl methyl sites for hydroxylation is 2. The van der Waals surface area contributed by atoms with Crippen LogP contribution in [-0.4, -0.2) is 9.52 Å². The minimum absolute atomic E-state index is 0. The number of hydrogen-bond donors (Lipinski definition) is 0. The molecular weight excluding hydrogens is 648 g/mol. The first-order valence-corrected chi connectivity index (χ1v) is 18.6. The van der Waals surface area contributed by atoms with Gasteiger partial charge >= 0.3 is 26.2 Å². The smallest absolute Gasteiger partial charge is 0.164 e. The molecule has 0 saturated carbocycles. The largest absolute Gasteiger partial charge is 2.00 e. The van der Waals surface area contributed by atoms with E-state index in [1.165, 1.54) is 66.1 Å². The Morgan fingerprint density at radius 2 is 0.826 bits per heavy atom. The Hall–Kier alpha value is -2.80. The minimum Gasteiger partial charge on any atom is -0.164 e. The van der Waals surface area contributed by atoms with E-state index in [1.807, 2.05) is 0 Å². The van der Waals surface area contributed by atoms with E-state index in [9.17, 15) is 0 Å². The molecule has 0 aromatic heterocycles. The van der Waals surface area contributed by atoms with Crippen molar-refractivity contribution < 1.29 is 26.2 Å². The average molecular weight is 700 g/mol.